The molecule has 0 saturated carbocycles. The minimum Gasteiger partial charge on any atom is -0.392 e. The van der Waals surface area contributed by atoms with Crippen molar-refractivity contribution in [3.63, 3.8) is 0 Å². The third kappa shape index (κ3) is 5.36. The summed E-state index contributed by atoms with van der Waals surface area (Å²) in [4.78, 5) is 0. The Labute approximate surface area is 119 Å². The van der Waals surface area contributed by atoms with Crippen LogP contribution < -0.4 is 0 Å². The van der Waals surface area contributed by atoms with Crippen LogP contribution in [0.15, 0.2) is 30.3 Å². The fourth-order valence-corrected chi connectivity index (χ4v) is 2.62. The van der Waals surface area contributed by atoms with Crippen LogP contribution in [0.3, 0.4) is 0 Å². The Morgan fingerprint density at radius 2 is 1.68 bits per heavy atom. The number of hydrogen-bond acceptors (Lipinski definition) is 1. The molecule has 0 amide bonds. The summed E-state index contributed by atoms with van der Waals surface area (Å²) in [5, 5.41) is 10.6. The molecular formula is C18H30O. The predicted molar refractivity (Wildman–Crippen MR) is 83.3 cm³/mol. The first-order chi connectivity index (χ1) is 8.85. The average Bonchev–Trinajstić information content (AvgIpc) is 2.37. The SMILES string of the molecule is CCC(C)C(c1ccccc1)C(O)CCC(C)(C)C. The third-order valence-corrected chi connectivity index (χ3v) is 4.05. The minimum absolute atomic E-state index is 0.239. The smallest absolute Gasteiger partial charge is 0.0611 e. The van der Waals surface area contributed by atoms with Crippen LogP contribution in [0.1, 0.15) is 65.4 Å². The quantitative estimate of drug-likeness (QED) is 0.764. The van der Waals surface area contributed by atoms with Crippen molar-refractivity contribution in [2.45, 2.75) is 65.9 Å². The van der Waals surface area contributed by atoms with E-state index in [9.17, 15) is 5.11 Å². The zero-order valence-electron chi connectivity index (χ0n) is 13.2. The summed E-state index contributed by atoms with van der Waals surface area (Å²) in [5.41, 5.74) is 1.57. The highest BCUT2D eigenvalue weighted by molar-refractivity contribution is 5.21. The average molecular weight is 262 g/mol. The van der Waals surface area contributed by atoms with Gasteiger partial charge in [0.15, 0.2) is 0 Å². The van der Waals surface area contributed by atoms with Crippen LogP contribution in [0.5, 0.6) is 0 Å². The van der Waals surface area contributed by atoms with Gasteiger partial charge in [0.05, 0.1) is 6.10 Å². The van der Waals surface area contributed by atoms with Crippen LogP contribution in [-0.2, 0) is 0 Å². The first-order valence-corrected chi connectivity index (χ1v) is 7.58. The van der Waals surface area contributed by atoms with Crippen molar-refractivity contribution in [3.8, 4) is 0 Å². The minimum atomic E-state index is -0.239. The van der Waals surface area contributed by atoms with Gasteiger partial charge in [0.25, 0.3) is 0 Å². The molecule has 0 aromatic heterocycles. The van der Waals surface area contributed by atoms with E-state index in [1.165, 1.54) is 5.56 Å². The Bertz CT molecular complexity index is 350. The van der Waals surface area contributed by atoms with Crippen molar-refractivity contribution in [2.75, 3.05) is 0 Å². The van der Waals surface area contributed by atoms with Gasteiger partial charge < -0.3 is 5.11 Å². The lowest BCUT2D eigenvalue weighted by Crippen LogP contribution is -2.25. The topological polar surface area (TPSA) is 20.2 Å². The van der Waals surface area contributed by atoms with Gasteiger partial charge in [-0.25, -0.2) is 0 Å². The molecule has 1 aromatic rings. The standard InChI is InChI=1S/C18H30O/c1-6-14(2)17(15-10-8-7-9-11-15)16(19)12-13-18(3,4)5/h7-11,14,16-17,19H,6,12-13H2,1-5H3. The van der Waals surface area contributed by atoms with Gasteiger partial charge in [-0.05, 0) is 29.7 Å². The van der Waals surface area contributed by atoms with Crippen molar-refractivity contribution >= 4 is 0 Å². The van der Waals surface area contributed by atoms with Crippen LogP contribution in [0.25, 0.3) is 0 Å². The summed E-state index contributed by atoms with van der Waals surface area (Å²) >= 11 is 0. The van der Waals surface area contributed by atoms with E-state index < -0.39 is 0 Å². The van der Waals surface area contributed by atoms with Crippen LogP contribution in [0.2, 0.25) is 0 Å². The number of aliphatic hydroxyl groups is 1. The molecule has 0 bridgehead atoms. The summed E-state index contributed by atoms with van der Waals surface area (Å²) in [6, 6.07) is 10.5. The fraction of sp³-hybridized carbons (Fsp3) is 0.667. The summed E-state index contributed by atoms with van der Waals surface area (Å²) in [6.45, 7) is 11.2. The van der Waals surface area contributed by atoms with Crippen molar-refractivity contribution in [1.29, 1.82) is 0 Å². The second-order valence-electron chi connectivity index (χ2n) is 6.99. The molecule has 1 N–H and O–H groups in total. The Hall–Kier alpha value is -0.820. The number of rotatable bonds is 6. The summed E-state index contributed by atoms with van der Waals surface area (Å²) < 4.78 is 0. The summed E-state index contributed by atoms with van der Waals surface area (Å²) in [7, 11) is 0. The molecule has 19 heavy (non-hydrogen) atoms. The lowest BCUT2D eigenvalue weighted by atomic mass is 9.78. The highest BCUT2D eigenvalue weighted by Gasteiger charge is 2.27. The van der Waals surface area contributed by atoms with Gasteiger partial charge in [0, 0.05) is 5.92 Å². The molecule has 0 radical (unpaired) electrons. The molecule has 3 atom stereocenters. The molecule has 1 heteroatoms. The van der Waals surface area contributed by atoms with Crippen LogP contribution >= 0.6 is 0 Å². The van der Waals surface area contributed by atoms with Gasteiger partial charge >= 0.3 is 0 Å². The Morgan fingerprint density at radius 1 is 1.11 bits per heavy atom. The highest BCUT2D eigenvalue weighted by atomic mass is 16.3. The zero-order valence-corrected chi connectivity index (χ0v) is 13.2. The maximum atomic E-state index is 10.6. The molecule has 1 rings (SSSR count). The van der Waals surface area contributed by atoms with Crippen LogP contribution in [0, 0.1) is 11.3 Å². The second-order valence-corrected chi connectivity index (χ2v) is 6.99. The van der Waals surface area contributed by atoms with Crippen molar-refractivity contribution in [3.05, 3.63) is 35.9 Å². The van der Waals surface area contributed by atoms with Crippen LogP contribution in [0.4, 0.5) is 0 Å². The largest absolute Gasteiger partial charge is 0.392 e. The maximum Gasteiger partial charge on any atom is 0.0611 e. The Balaban J connectivity index is 2.80. The Kier molecular flexibility index (Phi) is 6.06. The van der Waals surface area contributed by atoms with Crippen LogP contribution in [-0.4, -0.2) is 11.2 Å². The molecular weight excluding hydrogens is 232 g/mol. The van der Waals surface area contributed by atoms with Gasteiger partial charge in [-0.3, -0.25) is 0 Å². The van der Waals surface area contributed by atoms with E-state index >= 15 is 0 Å². The molecule has 1 aromatic carbocycles. The first-order valence-electron chi connectivity index (χ1n) is 7.58. The van der Waals surface area contributed by atoms with E-state index in [0.29, 0.717) is 5.92 Å². The van der Waals surface area contributed by atoms with E-state index in [1.807, 2.05) is 6.07 Å². The fourth-order valence-electron chi connectivity index (χ4n) is 2.62. The van der Waals surface area contributed by atoms with Gasteiger partial charge in [-0.1, -0.05) is 71.4 Å². The van der Waals surface area contributed by atoms with Gasteiger partial charge in [0.2, 0.25) is 0 Å². The molecule has 0 heterocycles. The summed E-state index contributed by atoms with van der Waals surface area (Å²) in [5.74, 6) is 0.769. The van der Waals surface area contributed by atoms with E-state index in [1.54, 1.807) is 0 Å². The zero-order chi connectivity index (χ0) is 14.5. The second kappa shape index (κ2) is 7.09. The van der Waals surface area contributed by atoms with Crippen molar-refractivity contribution < 1.29 is 5.11 Å². The predicted octanol–water partition coefficient (Wildman–Crippen LogP) is 5.00. The molecule has 0 aliphatic heterocycles. The Morgan fingerprint density at radius 3 is 2.16 bits per heavy atom. The third-order valence-electron chi connectivity index (χ3n) is 4.05. The number of aliphatic hydroxyl groups excluding tert-OH is 1. The van der Waals surface area contributed by atoms with Crippen molar-refractivity contribution in [1.82, 2.24) is 0 Å². The first kappa shape index (κ1) is 16.2. The molecule has 0 aliphatic carbocycles. The van der Waals surface area contributed by atoms with E-state index in [-0.39, 0.29) is 17.4 Å². The van der Waals surface area contributed by atoms with Crippen molar-refractivity contribution in [2.24, 2.45) is 11.3 Å². The lowest BCUT2D eigenvalue weighted by molar-refractivity contribution is 0.0953. The lowest BCUT2D eigenvalue weighted by Gasteiger charge is -2.30. The molecule has 0 spiro atoms. The molecule has 0 saturated heterocycles. The molecule has 3 unspecified atom stereocenters. The maximum absolute atomic E-state index is 10.6. The summed E-state index contributed by atoms with van der Waals surface area (Å²) in [6.07, 6.45) is 2.81. The normalized spacial score (nSPS) is 16.9. The monoisotopic (exact) mass is 262 g/mol. The van der Waals surface area contributed by atoms with E-state index in [4.69, 9.17) is 0 Å². The molecule has 1 nitrogen and oxygen atoms in total. The van der Waals surface area contributed by atoms with E-state index in [0.717, 1.165) is 19.3 Å². The molecule has 108 valence electrons. The van der Waals surface area contributed by atoms with E-state index in [2.05, 4.69) is 58.9 Å². The number of hydrogen-bond donors (Lipinski definition) is 1. The van der Waals surface area contributed by atoms with Gasteiger partial charge in [0.1, 0.15) is 0 Å². The van der Waals surface area contributed by atoms with Gasteiger partial charge in [-0.15, -0.1) is 0 Å². The molecule has 0 aliphatic rings. The molecule has 0 fully saturated rings. The number of benzene rings is 1. The van der Waals surface area contributed by atoms with Gasteiger partial charge in [-0.2, -0.15) is 0 Å². The highest BCUT2D eigenvalue weighted by Crippen LogP contribution is 2.34.